The van der Waals surface area contributed by atoms with Gasteiger partial charge in [-0.15, -0.1) is 0 Å². The topological polar surface area (TPSA) is 53.4 Å². The molecule has 0 aliphatic heterocycles. The van der Waals surface area contributed by atoms with Crippen LogP contribution in [0.2, 0.25) is 0 Å². The van der Waals surface area contributed by atoms with E-state index >= 15 is 0 Å². The number of anilines is 1. The largest absolute Gasteiger partial charge is 0.478 e. The van der Waals surface area contributed by atoms with Crippen molar-refractivity contribution in [2.45, 2.75) is 33.2 Å². The van der Waals surface area contributed by atoms with Crippen LogP contribution in [0.5, 0.6) is 0 Å². The third kappa shape index (κ3) is 2.72. The molecule has 1 N–H and O–H groups in total. The fourth-order valence-corrected chi connectivity index (χ4v) is 1.45. The van der Waals surface area contributed by atoms with Gasteiger partial charge in [0.25, 0.3) is 0 Å². The summed E-state index contributed by atoms with van der Waals surface area (Å²) in [5.41, 5.74) is 1.02. The van der Waals surface area contributed by atoms with Gasteiger partial charge in [-0.3, -0.25) is 0 Å². The normalized spacial score (nSPS) is 12.2. The molecule has 0 fully saturated rings. The molecule has 0 aliphatic carbocycles. The molecule has 1 rings (SSSR count). The van der Waals surface area contributed by atoms with Crippen LogP contribution in [-0.4, -0.2) is 29.1 Å². The SMILES string of the molecule is CCC(C)N(C)c1cc(C(=O)O)cc(C)n1. The molecule has 4 heteroatoms. The smallest absolute Gasteiger partial charge is 0.335 e. The first kappa shape index (κ1) is 12.5. The molecule has 4 nitrogen and oxygen atoms in total. The first-order valence-corrected chi connectivity index (χ1v) is 5.40. The number of carboxylic acid groups (broad SMARTS) is 1. The van der Waals surface area contributed by atoms with Crippen LogP contribution in [0.15, 0.2) is 12.1 Å². The summed E-state index contributed by atoms with van der Waals surface area (Å²) >= 11 is 0. The average Bonchev–Trinajstić information content (AvgIpc) is 2.26. The fourth-order valence-electron chi connectivity index (χ4n) is 1.45. The number of nitrogens with zero attached hydrogens (tertiary/aromatic N) is 2. The van der Waals surface area contributed by atoms with Gasteiger partial charge in [-0.1, -0.05) is 6.92 Å². The third-order valence-electron chi connectivity index (χ3n) is 2.80. The maximum absolute atomic E-state index is 10.9. The van der Waals surface area contributed by atoms with E-state index < -0.39 is 5.97 Å². The molecule has 1 aromatic rings. The lowest BCUT2D eigenvalue weighted by molar-refractivity contribution is 0.0696. The van der Waals surface area contributed by atoms with E-state index in [1.54, 1.807) is 19.1 Å². The Hall–Kier alpha value is -1.58. The van der Waals surface area contributed by atoms with Crippen molar-refractivity contribution in [3.05, 3.63) is 23.4 Å². The summed E-state index contributed by atoms with van der Waals surface area (Å²) in [4.78, 5) is 17.3. The summed E-state index contributed by atoms with van der Waals surface area (Å²) < 4.78 is 0. The lowest BCUT2D eigenvalue weighted by Gasteiger charge is -2.25. The molecule has 1 atom stereocenters. The van der Waals surface area contributed by atoms with Crippen molar-refractivity contribution in [3.63, 3.8) is 0 Å². The lowest BCUT2D eigenvalue weighted by Crippen LogP contribution is -2.29. The predicted molar refractivity (Wildman–Crippen MR) is 64.1 cm³/mol. The Bertz CT molecular complexity index is 391. The summed E-state index contributed by atoms with van der Waals surface area (Å²) in [6.45, 7) is 5.99. The van der Waals surface area contributed by atoms with Gasteiger partial charge in [0.1, 0.15) is 5.82 Å². The van der Waals surface area contributed by atoms with Gasteiger partial charge in [0, 0.05) is 18.8 Å². The van der Waals surface area contributed by atoms with Crippen LogP contribution < -0.4 is 4.90 Å². The van der Waals surface area contributed by atoms with Crippen molar-refractivity contribution in [1.82, 2.24) is 4.98 Å². The van der Waals surface area contributed by atoms with E-state index in [4.69, 9.17) is 5.11 Å². The quantitative estimate of drug-likeness (QED) is 0.849. The predicted octanol–water partition coefficient (Wildman–Crippen LogP) is 2.32. The summed E-state index contributed by atoms with van der Waals surface area (Å²) in [6, 6.07) is 3.54. The highest BCUT2D eigenvalue weighted by Crippen LogP contribution is 2.17. The molecular weight excluding hydrogens is 204 g/mol. The summed E-state index contributed by atoms with van der Waals surface area (Å²) in [5, 5.41) is 8.96. The number of carboxylic acids is 1. The number of carbonyl (C=O) groups is 1. The van der Waals surface area contributed by atoms with E-state index in [1.807, 2.05) is 11.9 Å². The third-order valence-corrected chi connectivity index (χ3v) is 2.80. The van der Waals surface area contributed by atoms with Gasteiger partial charge in [0.2, 0.25) is 0 Å². The van der Waals surface area contributed by atoms with Gasteiger partial charge >= 0.3 is 5.97 Å². The highest BCUT2D eigenvalue weighted by Gasteiger charge is 2.12. The van der Waals surface area contributed by atoms with Gasteiger partial charge in [0.15, 0.2) is 0 Å². The molecule has 0 amide bonds. The molecular formula is C12H18N2O2. The standard InChI is InChI=1S/C12H18N2O2/c1-5-9(3)14(4)11-7-10(12(15)16)6-8(2)13-11/h6-7,9H,5H2,1-4H3,(H,15,16). The van der Waals surface area contributed by atoms with Crippen molar-refractivity contribution < 1.29 is 9.90 Å². The van der Waals surface area contributed by atoms with Gasteiger partial charge < -0.3 is 10.0 Å². The highest BCUT2D eigenvalue weighted by molar-refractivity contribution is 5.88. The van der Waals surface area contributed by atoms with E-state index in [1.165, 1.54) is 0 Å². The zero-order chi connectivity index (χ0) is 12.3. The van der Waals surface area contributed by atoms with Gasteiger partial charge in [-0.25, -0.2) is 9.78 Å². The second-order valence-electron chi connectivity index (χ2n) is 4.03. The number of hydrogen-bond acceptors (Lipinski definition) is 3. The van der Waals surface area contributed by atoms with Crippen LogP contribution in [-0.2, 0) is 0 Å². The first-order valence-electron chi connectivity index (χ1n) is 5.40. The van der Waals surface area contributed by atoms with Crippen LogP contribution in [0.3, 0.4) is 0 Å². The Balaban J connectivity index is 3.09. The second kappa shape index (κ2) is 4.96. The van der Waals surface area contributed by atoms with E-state index in [9.17, 15) is 4.79 Å². The first-order chi connectivity index (χ1) is 7.45. The Morgan fingerprint density at radius 1 is 1.56 bits per heavy atom. The molecule has 0 aromatic carbocycles. The fraction of sp³-hybridized carbons (Fsp3) is 0.500. The van der Waals surface area contributed by atoms with E-state index in [0.717, 1.165) is 12.1 Å². The Labute approximate surface area is 95.9 Å². The molecule has 0 spiro atoms. The van der Waals surface area contributed by atoms with Crippen molar-refractivity contribution in [3.8, 4) is 0 Å². The maximum atomic E-state index is 10.9. The average molecular weight is 222 g/mol. The van der Waals surface area contributed by atoms with E-state index in [0.29, 0.717) is 11.9 Å². The number of aromatic carboxylic acids is 1. The van der Waals surface area contributed by atoms with Gasteiger partial charge in [-0.2, -0.15) is 0 Å². The number of pyridine rings is 1. The van der Waals surface area contributed by atoms with Crippen LogP contribution in [0, 0.1) is 6.92 Å². The summed E-state index contributed by atoms with van der Waals surface area (Å²) in [6.07, 6.45) is 0.995. The number of rotatable bonds is 4. The molecule has 16 heavy (non-hydrogen) atoms. The van der Waals surface area contributed by atoms with Crippen LogP contribution in [0.25, 0.3) is 0 Å². The molecule has 1 unspecified atom stereocenters. The number of aryl methyl sites for hydroxylation is 1. The minimum atomic E-state index is -0.913. The van der Waals surface area contributed by atoms with Crippen molar-refractivity contribution >= 4 is 11.8 Å². The summed E-state index contributed by atoms with van der Waals surface area (Å²) in [5.74, 6) is -0.198. The minimum absolute atomic E-state index is 0.289. The molecule has 0 aliphatic rings. The molecule has 0 bridgehead atoms. The number of aromatic nitrogens is 1. The van der Waals surface area contributed by atoms with Crippen LogP contribution >= 0.6 is 0 Å². The Morgan fingerprint density at radius 2 is 2.19 bits per heavy atom. The van der Waals surface area contributed by atoms with E-state index in [-0.39, 0.29) is 5.56 Å². The van der Waals surface area contributed by atoms with Gasteiger partial charge in [-0.05, 0) is 32.4 Å². The molecule has 88 valence electrons. The summed E-state index contributed by atoms with van der Waals surface area (Å²) in [7, 11) is 1.93. The zero-order valence-electron chi connectivity index (χ0n) is 10.2. The molecule has 1 aromatic heterocycles. The van der Waals surface area contributed by atoms with E-state index in [2.05, 4.69) is 18.8 Å². The van der Waals surface area contributed by atoms with Crippen molar-refractivity contribution in [1.29, 1.82) is 0 Å². The zero-order valence-corrected chi connectivity index (χ0v) is 10.2. The highest BCUT2D eigenvalue weighted by atomic mass is 16.4. The Morgan fingerprint density at radius 3 is 2.69 bits per heavy atom. The monoisotopic (exact) mass is 222 g/mol. The van der Waals surface area contributed by atoms with Gasteiger partial charge in [0.05, 0.1) is 5.56 Å². The molecule has 1 heterocycles. The molecule has 0 radical (unpaired) electrons. The lowest BCUT2D eigenvalue weighted by atomic mass is 10.2. The molecule has 0 saturated heterocycles. The molecule has 0 saturated carbocycles. The number of hydrogen-bond donors (Lipinski definition) is 1. The van der Waals surface area contributed by atoms with Crippen LogP contribution in [0.4, 0.5) is 5.82 Å². The van der Waals surface area contributed by atoms with Crippen LogP contribution in [0.1, 0.15) is 36.3 Å². The minimum Gasteiger partial charge on any atom is -0.478 e. The second-order valence-corrected chi connectivity index (χ2v) is 4.03. The Kier molecular flexibility index (Phi) is 3.88. The van der Waals surface area contributed by atoms with Crippen molar-refractivity contribution in [2.75, 3.05) is 11.9 Å². The van der Waals surface area contributed by atoms with Crippen molar-refractivity contribution in [2.24, 2.45) is 0 Å². The maximum Gasteiger partial charge on any atom is 0.335 e.